The number of hydrogen-bond donors (Lipinski definition) is 0. The molecule has 0 nitrogen and oxygen atoms in total. The number of thioether (sulfide) groups is 1. The Balaban J connectivity index is 2.01. The maximum absolute atomic E-state index is 2.16. The molecule has 0 saturated carbocycles. The SMILES string of the molecule is [BiH2][S]C1CSC1. The molecule has 1 rings (SSSR count). The molecular formula is C3H7BiS2. The molecule has 6 heavy (non-hydrogen) atoms. The molecule has 0 unspecified atom stereocenters. The van der Waals surface area contributed by atoms with E-state index in [0.29, 0.717) is 0 Å². The Morgan fingerprint density at radius 3 is 2.33 bits per heavy atom. The van der Waals surface area contributed by atoms with E-state index in [-0.39, 0.29) is 0 Å². The topological polar surface area (TPSA) is 0 Å². The van der Waals surface area contributed by atoms with Crippen LogP contribution < -0.4 is 0 Å². The number of hydrogen-bond acceptors (Lipinski definition) is 2. The van der Waals surface area contributed by atoms with Crippen molar-refractivity contribution in [1.29, 1.82) is 0 Å². The first kappa shape index (κ1) is 5.71. The third kappa shape index (κ3) is 1.28. The van der Waals surface area contributed by atoms with Crippen LogP contribution in [0.1, 0.15) is 0 Å². The molecule has 0 aromatic carbocycles. The van der Waals surface area contributed by atoms with Crippen molar-refractivity contribution in [3.63, 3.8) is 0 Å². The van der Waals surface area contributed by atoms with E-state index < -0.39 is 0 Å². The van der Waals surface area contributed by atoms with Gasteiger partial charge in [-0.25, -0.2) is 0 Å². The molecule has 1 heterocycles. The van der Waals surface area contributed by atoms with Gasteiger partial charge in [0.05, 0.1) is 0 Å². The van der Waals surface area contributed by atoms with Crippen molar-refractivity contribution in [2.75, 3.05) is 11.5 Å². The van der Waals surface area contributed by atoms with E-state index in [9.17, 15) is 0 Å². The van der Waals surface area contributed by atoms with E-state index in [1.807, 2.05) is 0 Å². The third-order valence-corrected chi connectivity index (χ3v) is 7.71. The zero-order chi connectivity index (χ0) is 4.41. The summed E-state index contributed by atoms with van der Waals surface area (Å²) in [6.07, 6.45) is 0. The quantitative estimate of drug-likeness (QED) is 0.642. The van der Waals surface area contributed by atoms with Gasteiger partial charge in [0, 0.05) is 0 Å². The van der Waals surface area contributed by atoms with Gasteiger partial charge in [-0.3, -0.25) is 0 Å². The fourth-order valence-electron chi connectivity index (χ4n) is 0.293. The molecule has 0 aliphatic carbocycles. The monoisotopic (exact) mass is 316 g/mol. The fraction of sp³-hybridized carbons (Fsp3) is 1.00. The molecule has 0 radical (unpaired) electrons. The van der Waals surface area contributed by atoms with Crippen molar-refractivity contribution in [3.05, 3.63) is 0 Å². The molecule has 0 aromatic rings. The normalized spacial score (nSPS) is 23.5. The van der Waals surface area contributed by atoms with Gasteiger partial charge in [-0.2, -0.15) is 0 Å². The van der Waals surface area contributed by atoms with Crippen molar-refractivity contribution in [2.24, 2.45) is 0 Å². The fourth-order valence-corrected chi connectivity index (χ4v) is 7.42. The van der Waals surface area contributed by atoms with Crippen molar-refractivity contribution in [3.8, 4) is 0 Å². The summed E-state index contributed by atoms with van der Waals surface area (Å²) in [7, 11) is 2.16. The summed E-state index contributed by atoms with van der Waals surface area (Å²) in [4.78, 5) is 0. The van der Waals surface area contributed by atoms with Crippen molar-refractivity contribution < 1.29 is 0 Å². The van der Waals surface area contributed by atoms with Gasteiger partial charge in [0.2, 0.25) is 0 Å². The number of rotatable bonds is 1. The molecule has 0 spiro atoms. The van der Waals surface area contributed by atoms with E-state index in [4.69, 9.17) is 0 Å². The molecule has 0 N–H and O–H groups in total. The minimum atomic E-state index is 1.07. The Hall–Kier alpha value is 1.58. The maximum atomic E-state index is 2.16. The molecule has 1 aliphatic rings. The zero-order valence-electron chi connectivity index (χ0n) is 3.39. The van der Waals surface area contributed by atoms with Gasteiger partial charge in [-0.1, -0.05) is 0 Å². The summed E-state index contributed by atoms with van der Waals surface area (Å²) in [5.41, 5.74) is 0. The van der Waals surface area contributed by atoms with E-state index in [1.165, 1.54) is 34.8 Å². The predicted octanol–water partition coefficient (Wildman–Crippen LogP) is 0.383. The van der Waals surface area contributed by atoms with E-state index in [2.05, 4.69) is 20.3 Å². The molecule has 0 atom stereocenters. The zero-order valence-corrected chi connectivity index (χ0v) is 9.51. The second-order valence-electron chi connectivity index (χ2n) is 1.30. The van der Waals surface area contributed by atoms with E-state index in [1.54, 1.807) is 0 Å². The first-order chi connectivity index (χ1) is 2.93. The molecular weight excluding hydrogens is 309 g/mol. The predicted molar refractivity (Wildman–Crippen MR) is 37.2 cm³/mol. The Kier molecular flexibility index (Phi) is 2.65. The van der Waals surface area contributed by atoms with Crippen molar-refractivity contribution in [2.45, 2.75) is 5.25 Å². The van der Waals surface area contributed by atoms with Crippen LogP contribution in [0, 0.1) is 0 Å². The van der Waals surface area contributed by atoms with Gasteiger partial charge in [-0.05, 0) is 0 Å². The van der Waals surface area contributed by atoms with E-state index in [0.717, 1.165) is 5.25 Å². The molecule has 0 bridgehead atoms. The standard InChI is InChI=1S/C3H6S2.Bi.2H/c4-3-1-5-2-3;;;/h3-4H,1-2H2;;;/q;+1;;/p-1. The van der Waals surface area contributed by atoms with Gasteiger partial charge in [-0.15, -0.1) is 0 Å². The van der Waals surface area contributed by atoms with Crippen LogP contribution in [-0.4, -0.2) is 40.0 Å². The molecule has 0 amide bonds. The summed E-state index contributed by atoms with van der Waals surface area (Å²) >= 11 is 3.24. The molecule has 0 aromatic heterocycles. The molecule has 1 aliphatic heterocycles. The van der Waals surface area contributed by atoms with Gasteiger partial charge in [0.15, 0.2) is 0 Å². The minimum absolute atomic E-state index is 1.07. The van der Waals surface area contributed by atoms with Crippen molar-refractivity contribution >= 4 is 43.5 Å². The Morgan fingerprint density at radius 2 is 2.33 bits per heavy atom. The average molecular weight is 316 g/mol. The van der Waals surface area contributed by atoms with E-state index >= 15 is 0 Å². The van der Waals surface area contributed by atoms with Crippen LogP contribution >= 0.6 is 20.3 Å². The molecule has 36 valence electrons. The van der Waals surface area contributed by atoms with Gasteiger partial charge < -0.3 is 0 Å². The van der Waals surface area contributed by atoms with Gasteiger partial charge in [0.1, 0.15) is 0 Å². The van der Waals surface area contributed by atoms with Crippen LogP contribution in [0.4, 0.5) is 0 Å². The summed E-state index contributed by atoms with van der Waals surface area (Å²) in [6.45, 7) is 0. The average Bonchev–Trinajstić information content (AvgIpc) is 1.31. The first-order valence-corrected chi connectivity index (χ1v) is 9.46. The van der Waals surface area contributed by atoms with Crippen LogP contribution in [-0.2, 0) is 0 Å². The van der Waals surface area contributed by atoms with Crippen molar-refractivity contribution in [1.82, 2.24) is 0 Å². The summed E-state index contributed by atoms with van der Waals surface area (Å²) in [5.74, 6) is 2.86. The first-order valence-electron chi connectivity index (χ1n) is 1.87. The van der Waals surface area contributed by atoms with Crippen LogP contribution in [0.15, 0.2) is 0 Å². The Morgan fingerprint density at radius 1 is 1.67 bits per heavy atom. The van der Waals surface area contributed by atoms with Crippen LogP contribution in [0.2, 0.25) is 0 Å². The molecule has 1 saturated heterocycles. The second kappa shape index (κ2) is 2.79. The van der Waals surface area contributed by atoms with Gasteiger partial charge in [0.25, 0.3) is 0 Å². The molecule has 3 heteroatoms. The third-order valence-electron chi connectivity index (χ3n) is 0.800. The Labute approximate surface area is 59.9 Å². The van der Waals surface area contributed by atoms with Gasteiger partial charge >= 0.3 is 60.3 Å². The van der Waals surface area contributed by atoms with Crippen LogP contribution in [0.25, 0.3) is 0 Å². The summed E-state index contributed by atoms with van der Waals surface area (Å²) < 4.78 is 0. The molecule has 1 fully saturated rings. The Bertz CT molecular complexity index is 41.3. The van der Waals surface area contributed by atoms with Crippen LogP contribution in [0.3, 0.4) is 0 Å². The van der Waals surface area contributed by atoms with Crippen LogP contribution in [0.5, 0.6) is 0 Å². The second-order valence-corrected chi connectivity index (χ2v) is 6.48. The summed E-state index contributed by atoms with van der Waals surface area (Å²) in [6, 6.07) is 0. The summed E-state index contributed by atoms with van der Waals surface area (Å²) in [5, 5.41) is 1.07.